The molecule has 1 aromatic rings. The molecular weight excluding hydrogens is 218 g/mol. The summed E-state index contributed by atoms with van der Waals surface area (Å²) >= 11 is 0. The summed E-state index contributed by atoms with van der Waals surface area (Å²) in [6, 6.07) is 2.74. The minimum Gasteiger partial charge on any atom is -0.490 e. The van der Waals surface area contributed by atoms with E-state index >= 15 is 0 Å². The highest BCUT2D eigenvalue weighted by atomic mass is 19.2. The predicted molar refractivity (Wildman–Crippen MR) is 53.6 cm³/mol. The molecule has 0 aliphatic rings. The molecule has 0 bridgehead atoms. The highest BCUT2D eigenvalue weighted by molar-refractivity contribution is 5.79. The molecule has 0 saturated carbocycles. The maximum atomic E-state index is 13.1. The van der Waals surface area contributed by atoms with Gasteiger partial charge in [-0.1, -0.05) is 6.07 Å². The van der Waals surface area contributed by atoms with Gasteiger partial charge in [-0.25, -0.2) is 4.39 Å². The second-order valence-corrected chi connectivity index (χ2v) is 3.20. The van der Waals surface area contributed by atoms with Crippen LogP contribution in [0.15, 0.2) is 18.2 Å². The van der Waals surface area contributed by atoms with Crippen molar-refractivity contribution in [3.63, 3.8) is 0 Å². The van der Waals surface area contributed by atoms with E-state index in [4.69, 9.17) is 16.2 Å². The number of nitrogens with two attached hydrogens (primary N) is 2. The highest BCUT2D eigenvalue weighted by Gasteiger charge is 2.11. The number of ether oxygens (including phenoxy) is 1. The Morgan fingerprint density at radius 2 is 2.12 bits per heavy atom. The van der Waals surface area contributed by atoms with E-state index in [-0.39, 0.29) is 18.8 Å². The van der Waals surface area contributed by atoms with Crippen LogP contribution in [0, 0.1) is 11.6 Å². The number of benzene rings is 1. The number of rotatable bonds is 5. The molecule has 0 aliphatic heterocycles. The zero-order chi connectivity index (χ0) is 12.1. The van der Waals surface area contributed by atoms with Crippen molar-refractivity contribution in [1.82, 2.24) is 0 Å². The van der Waals surface area contributed by atoms with Gasteiger partial charge < -0.3 is 16.2 Å². The van der Waals surface area contributed by atoms with E-state index < -0.39 is 23.6 Å². The molecule has 88 valence electrons. The quantitative estimate of drug-likeness (QED) is 0.775. The first-order valence-corrected chi connectivity index (χ1v) is 4.64. The lowest BCUT2D eigenvalue weighted by Crippen LogP contribution is -2.37. The van der Waals surface area contributed by atoms with Gasteiger partial charge >= 0.3 is 0 Å². The summed E-state index contributed by atoms with van der Waals surface area (Å²) in [6.45, 7) is -0.00944. The maximum absolute atomic E-state index is 13.1. The lowest BCUT2D eigenvalue weighted by molar-refractivity contribution is -0.119. The Morgan fingerprint density at radius 3 is 2.75 bits per heavy atom. The number of hydrogen-bond donors (Lipinski definition) is 2. The van der Waals surface area contributed by atoms with Crippen LogP contribution in [0.3, 0.4) is 0 Å². The molecule has 1 atom stereocenters. The molecule has 6 heteroatoms. The molecule has 4 N–H and O–H groups in total. The Morgan fingerprint density at radius 1 is 1.44 bits per heavy atom. The fourth-order valence-electron chi connectivity index (χ4n) is 1.03. The molecule has 0 saturated heterocycles. The zero-order valence-corrected chi connectivity index (χ0v) is 8.45. The van der Waals surface area contributed by atoms with Crippen LogP contribution in [0.25, 0.3) is 0 Å². The molecule has 0 spiro atoms. The lowest BCUT2D eigenvalue weighted by atomic mass is 10.2. The van der Waals surface area contributed by atoms with E-state index in [0.29, 0.717) is 0 Å². The van der Waals surface area contributed by atoms with Crippen LogP contribution < -0.4 is 16.2 Å². The van der Waals surface area contributed by atoms with Crippen LogP contribution in [0.1, 0.15) is 6.42 Å². The standard InChI is InChI=1S/C10H12F2N2O2/c11-6-2-1-3-8(9(6)12)16-5-4-7(13)10(14)15/h1-3,7H,4-5,13H2,(H2,14,15). The third kappa shape index (κ3) is 3.16. The van der Waals surface area contributed by atoms with Crippen molar-refractivity contribution in [1.29, 1.82) is 0 Å². The number of halogens is 2. The van der Waals surface area contributed by atoms with Gasteiger partial charge in [-0.05, 0) is 12.1 Å². The molecule has 4 nitrogen and oxygen atoms in total. The molecule has 1 rings (SSSR count). The SMILES string of the molecule is NC(=O)C(N)CCOc1cccc(F)c1F. The smallest absolute Gasteiger partial charge is 0.234 e. The van der Waals surface area contributed by atoms with Crippen LogP contribution in [0.5, 0.6) is 5.75 Å². The van der Waals surface area contributed by atoms with Crippen LogP contribution in [-0.2, 0) is 4.79 Å². The summed E-state index contributed by atoms with van der Waals surface area (Å²) in [5.74, 6) is -2.92. The zero-order valence-electron chi connectivity index (χ0n) is 8.45. The van der Waals surface area contributed by atoms with Crippen LogP contribution >= 0.6 is 0 Å². The number of primary amides is 1. The molecule has 1 aromatic carbocycles. The van der Waals surface area contributed by atoms with Gasteiger partial charge in [0.05, 0.1) is 12.6 Å². The van der Waals surface area contributed by atoms with Crippen molar-refractivity contribution in [3.05, 3.63) is 29.8 Å². The first kappa shape index (κ1) is 12.4. The van der Waals surface area contributed by atoms with Crippen LogP contribution in [-0.4, -0.2) is 18.6 Å². The van der Waals surface area contributed by atoms with Gasteiger partial charge in [-0.3, -0.25) is 4.79 Å². The Bertz CT molecular complexity index is 385. The summed E-state index contributed by atoms with van der Waals surface area (Å²) in [5.41, 5.74) is 10.2. The molecular formula is C10H12F2N2O2. The molecule has 16 heavy (non-hydrogen) atoms. The van der Waals surface area contributed by atoms with Gasteiger partial charge in [0.25, 0.3) is 0 Å². The molecule has 0 radical (unpaired) electrons. The monoisotopic (exact) mass is 230 g/mol. The fourth-order valence-corrected chi connectivity index (χ4v) is 1.03. The van der Waals surface area contributed by atoms with E-state index in [1.54, 1.807) is 0 Å². The average molecular weight is 230 g/mol. The molecule has 0 heterocycles. The average Bonchev–Trinajstić information content (AvgIpc) is 2.24. The van der Waals surface area contributed by atoms with Crippen LogP contribution in [0.4, 0.5) is 8.78 Å². The first-order valence-electron chi connectivity index (χ1n) is 4.64. The third-order valence-corrected chi connectivity index (χ3v) is 1.97. The second-order valence-electron chi connectivity index (χ2n) is 3.20. The topological polar surface area (TPSA) is 78.3 Å². The largest absolute Gasteiger partial charge is 0.490 e. The second kappa shape index (κ2) is 5.41. The highest BCUT2D eigenvalue weighted by Crippen LogP contribution is 2.19. The molecule has 1 amide bonds. The van der Waals surface area contributed by atoms with Crippen molar-refractivity contribution in [2.45, 2.75) is 12.5 Å². The van der Waals surface area contributed by atoms with Gasteiger partial charge in [-0.2, -0.15) is 4.39 Å². The van der Waals surface area contributed by atoms with Gasteiger partial charge in [0.1, 0.15) is 0 Å². The minimum absolute atomic E-state index is 0.00944. The molecule has 1 unspecified atom stereocenters. The Labute approximate surface area is 91.2 Å². The number of amides is 1. The number of carbonyl (C=O) groups excluding carboxylic acids is 1. The van der Waals surface area contributed by atoms with Crippen molar-refractivity contribution in [2.75, 3.05) is 6.61 Å². The van der Waals surface area contributed by atoms with Crippen molar-refractivity contribution < 1.29 is 18.3 Å². The van der Waals surface area contributed by atoms with Crippen molar-refractivity contribution in [3.8, 4) is 5.75 Å². The summed E-state index contributed by atoms with van der Waals surface area (Å²) in [6.07, 6.45) is 0.144. The minimum atomic E-state index is -1.06. The van der Waals surface area contributed by atoms with Gasteiger partial charge in [0.2, 0.25) is 11.7 Å². The van der Waals surface area contributed by atoms with Crippen molar-refractivity contribution >= 4 is 5.91 Å². The Balaban J connectivity index is 2.49. The van der Waals surface area contributed by atoms with Gasteiger partial charge in [-0.15, -0.1) is 0 Å². The summed E-state index contributed by atoms with van der Waals surface area (Å²) < 4.78 is 30.7. The Kier molecular flexibility index (Phi) is 4.19. The maximum Gasteiger partial charge on any atom is 0.234 e. The predicted octanol–water partition coefficient (Wildman–Crippen LogP) is 0.546. The molecule has 0 aromatic heterocycles. The molecule has 0 aliphatic carbocycles. The summed E-state index contributed by atoms with van der Waals surface area (Å²) in [5, 5.41) is 0. The van der Waals surface area contributed by atoms with E-state index in [0.717, 1.165) is 6.07 Å². The van der Waals surface area contributed by atoms with Gasteiger partial charge in [0.15, 0.2) is 11.6 Å². The lowest BCUT2D eigenvalue weighted by Gasteiger charge is -2.09. The first-order chi connectivity index (χ1) is 7.52. The van der Waals surface area contributed by atoms with Crippen molar-refractivity contribution in [2.24, 2.45) is 11.5 Å². The number of hydrogen-bond acceptors (Lipinski definition) is 3. The summed E-state index contributed by atoms with van der Waals surface area (Å²) in [4.78, 5) is 10.6. The fraction of sp³-hybridized carbons (Fsp3) is 0.300. The van der Waals surface area contributed by atoms with E-state index in [1.807, 2.05) is 0 Å². The van der Waals surface area contributed by atoms with E-state index in [1.165, 1.54) is 12.1 Å². The third-order valence-electron chi connectivity index (χ3n) is 1.97. The van der Waals surface area contributed by atoms with Crippen LogP contribution in [0.2, 0.25) is 0 Å². The van der Waals surface area contributed by atoms with E-state index in [9.17, 15) is 13.6 Å². The summed E-state index contributed by atoms with van der Waals surface area (Å²) in [7, 11) is 0. The number of carbonyl (C=O) groups is 1. The van der Waals surface area contributed by atoms with E-state index in [2.05, 4.69) is 0 Å². The molecule has 0 fully saturated rings. The Hall–Kier alpha value is -1.69. The normalized spacial score (nSPS) is 12.2. The van der Waals surface area contributed by atoms with Gasteiger partial charge in [0, 0.05) is 6.42 Å².